The van der Waals surface area contributed by atoms with Gasteiger partial charge in [0.25, 0.3) is 0 Å². The molecule has 4 nitrogen and oxygen atoms in total. The first-order valence-electron chi connectivity index (χ1n) is 6.84. The molecule has 2 aromatic rings. The molecule has 0 amide bonds. The van der Waals surface area contributed by atoms with Crippen LogP contribution < -0.4 is 5.32 Å². The molecule has 0 spiro atoms. The van der Waals surface area contributed by atoms with Gasteiger partial charge in [0.2, 0.25) is 0 Å². The first-order chi connectivity index (χ1) is 9.74. The van der Waals surface area contributed by atoms with Crippen LogP contribution in [0.1, 0.15) is 12.8 Å². The highest BCUT2D eigenvalue weighted by Gasteiger charge is 2.30. The van der Waals surface area contributed by atoms with E-state index in [0.29, 0.717) is 13.0 Å². The second kappa shape index (κ2) is 5.51. The summed E-state index contributed by atoms with van der Waals surface area (Å²) in [4.78, 5) is 10.9. The Morgan fingerprint density at radius 1 is 1.20 bits per heavy atom. The van der Waals surface area contributed by atoms with E-state index in [0.717, 1.165) is 12.1 Å². The number of hydrogen-bond acceptors (Lipinski definition) is 3. The molecule has 1 fully saturated rings. The molecule has 0 aromatic heterocycles. The highest BCUT2D eigenvalue weighted by molar-refractivity contribution is 5.93. The van der Waals surface area contributed by atoms with Crippen molar-refractivity contribution in [1.82, 2.24) is 0 Å². The fraction of sp³-hybridized carbons (Fsp3) is 0.312. The highest BCUT2D eigenvalue weighted by Crippen LogP contribution is 2.25. The van der Waals surface area contributed by atoms with E-state index in [-0.39, 0.29) is 6.10 Å². The number of nitrogens with one attached hydrogen (secondary N) is 1. The summed E-state index contributed by atoms with van der Waals surface area (Å²) in [6, 6.07) is 14.3. The Kier molecular flexibility index (Phi) is 3.56. The maximum absolute atomic E-state index is 10.9. The second-order valence-electron chi connectivity index (χ2n) is 5.07. The number of carbonyl (C=O) groups is 1. The van der Waals surface area contributed by atoms with Gasteiger partial charge in [-0.3, -0.25) is 0 Å². The molecule has 20 heavy (non-hydrogen) atoms. The molecule has 1 heterocycles. The lowest BCUT2D eigenvalue weighted by Crippen LogP contribution is -2.24. The van der Waals surface area contributed by atoms with Crippen LogP contribution in [0.4, 0.5) is 5.69 Å². The minimum absolute atomic E-state index is 0.0323. The molecule has 1 saturated heterocycles. The Bertz CT molecular complexity index is 621. The van der Waals surface area contributed by atoms with E-state index < -0.39 is 12.1 Å². The van der Waals surface area contributed by atoms with Crippen LogP contribution in [0, 0.1) is 0 Å². The fourth-order valence-corrected chi connectivity index (χ4v) is 2.64. The molecule has 2 unspecified atom stereocenters. The summed E-state index contributed by atoms with van der Waals surface area (Å²) >= 11 is 0. The molecule has 2 aromatic carbocycles. The average Bonchev–Trinajstić information content (AvgIpc) is 2.94. The zero-order valence-corrected chi connectivity index (χ0v) is 11.1. The third-order valence-corrected chi connectivity index (χ3v) is 3.69. The standard InChI is InChI=1S/C16H17NO3/c18-16(19)15-9-8-12(20-15)10-17-14-7-3-5-11-4-1-2-6-13(11)14/h1-7,12,15,17H,8-10H2,(H,18,19). The first kappa shape index (κ1) is 12.9. The van der Waals surface area contributed by atoms with Gasteiger partial charge in [-0.1, -0.05) is 36.4 Å². The van der Waals surface area contributed by atoms with Crippen LogP contribution in [0.5, 0.6) is 0 Å². The lowest BCUT2D eigenvalue weighted by Gasteiger charge is -2.14. The summed E-state index contributed by atoms with van der Waals surface area (Å²) in [5.41, 5.74) is 1.06. The molecule has 2 atom stereocenters. The number of carboxylic acid groups (broad SMARTS) is 1. The van der Waals surface area contributed by atoms with Crippen molar-refractivity contribution in [2.45, 2.75) is 25.0 Å². The van der Waals surface area contributed by atoms with Crippen molar-refractivity contribution in [2.24, 2.45) is 0 Å². The third-order valence-electron chi connectivity index (χ3n) is 3.69. The Morgan fingerprint density at radius 2 is 2.00 bits per heavy atom. The van der Waals surface area contributed by atoms with E-state index in [1.807, 2.05) is 24.3 Å². The molecule has 104 valence electrons. The van der Waals surface area contributed by atoms with Crippen LogP contribution in [0.15, 0.2) is 42.5 Å². The zero-order valence-electron chi connectivity index (χ0n) is 11.1. The summed E-state index contributed by atoms with van der Waals surface area (Å²) in [6.45, 7) is 0.637. The molecule has 0 aliphatic carbocycles. The normalized spacial score (nSPS) is 22.0. The number of benzene rings is 2. The van der Waals surface area contributed by atoms with Crippen LogP contribution in [0.3, 0.4) is 0 Å². The maximum atomic E-state index is 10.9. The second-order valence-corrected chi connectivity index (χ2v) is 5.07. The van der Waals surface area contributed by atoms with E-state index >= 15 is 0 Å². The summed E-state index contributed by atoms with van der Waals surface area (Å²) in [5.74, 6) is -0.863. The number of fused-ring (bicyclic) bond motifs is 1. The van der Waals surface area contributed by atoms with Gasteiger partial charge in [0.05, 0.1) is 6.10 Å². The SMILES string of the molecule is O=C(O)C1CCC(CNc2cccc3ccccc23)O1. The lowest BCUT2D eigenvalue weighted by molar-refractivity contribution is -0.149. The van der Waals surface area contributed by atoms with E-state index in [1.54, 1.807) is 0 Å². The number of rotatable bonds is 4. The van der Waals surface area contributed by atoms with Gasteiger partial charge in [-0.25, -0.2) is 4.79 Å². The smallest absolute Gasteiger partial charge is 0.332 e. The first-order valence-corrected chi connectivity index (χ1v) is 6.84. The molecule has 0 bridgehead atoms. The summed E-state index contributed by atoms with van der Waals surface area (Å²) in [6.07, 6.45) is 0.704. The van der Waals surface area contributed by atoms with Crippen LogP contribution in [0.2, 0.25) is 0 Å². The lowest BCUT2D eigenvalue weighted by atomic mass is 10.1. The molecule has 1 aliphatic heterocycles. The monoisotopic (exact) mass is 271 g/mol. The maximum Gasteiger partial charge on any atom is 0.332 e. The third kappa shape index (κ3) is 2.60. The molecule has 4 heteroatoms. The van der Waals surface area contributed by atoms with Crippen molar-refractivity contribution in [2.75, 3.05) is 11.9 Å². The summed E-state index contributed by atoms with van der Waals surface area (Å²) < 4.78 is 5.49. The van der Waals surface area contributed by atoms with Gasteiger partial charge < -0.3 is 15.2 Å². The molecule has 0 radical (unpaired) electrons. The van der Waals surface area contributed by atoms with Crippen molar-refractivity contribution in [3.05, 3.63) is 42.5 Å². The van der Waals surface area contributed by atoms with Crippen molar-refractivity contribution in [3.63, 3.8) is 0 Å². The predicted octanol–water partition coefficient (Wildman–Crippen LogP) is 2.88. The minimum Gasteiger partial charge on any atom is -0.479 e. The van der Waals surface area contributed by atoms with Crippen molar-refractivity contribution in [1.29, 1.82) is 0 Å². The van der Waals surface area contributed by atoms with Crippen molar-refractivity contribution >= 4 is 22.4 Å². The zero-order chi connectivity index (χ0) is 13.9. The topological polar surface area (TPSA) is 58.6 Å². The number of anilines is 1. The molecule has 2 N–H and O–H groups in total. The van der Waals surface area contributed by atoms with Gasteiger partial charge in [-0.15, -0.1) is 0 Å². The molecule has 0 saturated carbocycles. The van der Waals surface area contributed by atoms with Crippen LogP contribution >= 0.6 is 0 Å². The average molecular weight is 271 g/mol. The van der Waals surface area contributed by atoms with Gasteiger partial charge in [-0.05, 0) is 24.3 Å². The molecule has 3 rings (SSSR count). The van der Waals surface area contributed by atoms with Crippen LogP contribution in [-0.4, -0.2) is 29.8 Å². The van der Waals surface area contributed by atoms with Crippen molar-refractivity contribution < 1.29 is 14.6 Å². The Hall–Kier alpha value is -2.07. The Morgan fingerprint density at radius 3 is 2.80 bits per heavy atom. The number of carboxylic acids is 1. The number of aliphatic carboxylic acids is 1. The van der Waals surface area contributed by atoms with Crippen LogP contribution in [-0.2, 0) is 9.53 Å². The van der Waals surface area contributed by atoms with Gasteiger partial charge in [0.1, 0.15) is 0 Å². The van der Waals surface area contributed by atoms with Crippen molar-refractivity contribution in [3.8, 4) is 0 Å². The Balaban J connectivity index is 1.67. The van der Waals surface area contributed by atoms with Gasteiger partial charge in [0, 0.05) is 17.6 Å². The predicted molar refractivity (Wildman–Crippen MR) is 78.0 cm³/mol. The quantitative estimate of drug-likeness (QED) is 0.897. The summed E-state index contributed by atoms with van der Waals surface area (Å²) in [5, 5.41) is 14.6. The molecular weight excluding hydrogens is 254 g/mol. The minimum atomic E-state index is -0.863. The van der Waals surface area contributed by atoms with E-state index in [1.165, 1.54) is 10.8 Å². The molecular formula is C16H17NO3. The highest BCUT2D eigenvalue weighted by atomic mass is 16.5. The Labute approximate surface area is 117 Å². The fourth-order valence-electron chi connectivity index (χ4n) is 2.64. The molecule has 1 aliphatic rings. The van der Waals surface area contributed by atoms with Gasteiger partial charge in [0.15, 0.2) is 6.10 Å². The van der Waals surface area contributed by atoms with Crippen LogP contribution in [0.25, 0.3) is 10.8 Å². The van der Waals surface area contributed by atoms with Gasteiger partial charge >= 0.3 is 5.97 Å². The van der Waals surface area contributed by atoms with Gasteiger partial charge in [-0.2, -0.15) is 0 Å². The van der Waals surface area contributed by atoms with E-state index in [4.69, 9.17) is 9.84 Å². The van der Waals surface area contributed by atoms with E-state index in [2.05, 4.69) is 23.5 Å². The summed E-state index contributed by atoms with van der Waals surface area (Å²) in [7, 11) is 0. The van der Waals surface area contributed by atoms with E-state index in [9.17, 15) is 4.79 Å². The largest absolute Gasteiger partial charge is 0.479 e. The number of hydrogen-bond donors (Lipinski definition) is 2. The number of ether oxygens (including phenoxy) is 1.